The molecule has 4 aromatic rings. The largest absolute Gasteiger partial charge is 0.353 e. The van der Waals surface area contributed by atoms with E-state index in [1.165, 1.54) is 0 Å². The van der Waals surface area contributed by atoms with E-state index >= 15 is 0 Å². The average Bonchev–Trinajstić information content (AvgIpc) is 3.18. The van der Waals surface area contributed by atoms with Crippen LogP contribution in [0.4, 0.5) is 0 Å². The van der Waals surface area contributed by atoms with Crippen molar-refractivity contribution < 1.29 is 9.59 Å². The van der Waals surface area contributed by atoms with Crippen LogP contribution in [0.2, 0.25) is 0 Å². The van der Waals surface area contributed by atoms with Gasteiger partial charge in [0.15, 0.2) is 0 Å². The molecule has 2 amide bonds. The predicted molar refractivity (Wildman–Crippen MR) is 128 cm³/mol. The van der Waals surface area contributed by atoms with Gasteiger partial charge in [0, 0.05) is 34.9 Å². The minimum Gasteiger partial charge on any atom is -0.353 e. The molecule has 0 aliphatic rings. The molecule has 164 valence electrons. The highest BCUT2D eigenvalue weighted by Crippen LogP contribution is 2.27. The smallest absolute Gasteiger partial charge is 0.269 e. The van der Waals surface area contributed by atoms with Crippen LogP contribution in [0, 0.1) is 13.8 Å². The van der Waals surface area contributed by atoms with E-state index in [1.807, 2.05) is 68.4 Å². The van der Waals surface area contributed by atoms with E-state index in [2.05, 4.69) is 20.6 Å². The van der Waals surface area contributed by atoms with Gasteiger partial charge in [-0.05, 0) is 56.9 Å². The monoisotopic (exact) mass is 428 g/mol. The van der Waals surface area contributed by atoms with Crippen molar-refractivity contribution in [1.29, 1.82) is 0 Å². The number of H-pyrrole nitrogens is 1. The van der Waals surface area contributed by atoms with E-state index in [9.17, 15) is 9.59 Å². The zero-order chi connectivity index (χ0) is 22.5. The van der Waals surface area contributed by atoms with Crippen molar-refractivity contribution in [3.63, 3.8) is 0 Å². The van der Waals surface area contributed by atoms with Gasteiger partial charge in [-0.3, -0.25) is 9.59 Å². The molecule has 2 aromatic heterocycles. The number of carbonyl (C=O) groups is 2. The van der Waals surface area contributed by atoms with Crippen LogP contribution >= 0.6 is 0 Å². The predicted octanol–water partition coefficient (Wildman–Crippen LogP) is 4.66. The highest BCUT2D eigenvalue weighted by molar-refractivity contribution is 6.10. The van der Waals surface area contributed by atoms with Gasteiger partial charge in [-0.1, -0.05) is 36.4 Å². The summed E-state index contributed by atoms with van der Waals surface area (Å²) >= 11 is 0. The minimum atomic E-state index is -0.159. The number of benzene rings is 2. The quantitative estimate of drug-likeness (QED) is 0.357. The van der Waals surface area contributed by atoms with E-state index in [4.69, 9.17) is 0 Å². The maximum atomic E-state index is 12.6. The molecule has 0 saturated carbocycles. The summed E-state index contributed by atoms with van der Waals surface area (Å²) < 4.78 is 0. The van der Waals surface area contributed by atoms with Crippen molar-refractivity contribution in [3.8, 4) is 0 Å². The molecule has 2 aromatic carbocycles. The molecule has 0 aliphatic heterocycles. The van der Waals surface area contributed by atoms with Gasteiger partial charge in [-0.15, -0.1) is 0 Å². The first-order valence-corrected chi connectivity index (χ1v) is 11.0. The standard InChI is InChI=1S/C26H28N4O2/c1-17-10-4-5-11-19(17)25(31)27-14-8-3-9-15-28-26(32)23-16-21-20-12-6-7-13-22(20)30-24(21)18(2)29-23/h4-7,10-13,16,30H,3,8-9,14-15H2,1-2H3,(H,27,31)(H,28,32). The Balaban J connectivity index is 1.24. The number of aromatic amines is 1. The van der Waals surface area contributed by atoms with Crippen LogP contribution in [0.15, 0.2) is 54.6 Å². The Labute approximate surface area is 187 Å². The van der Waals surface area contributed by atoms with Crippen molar-refractivity contribution in [2.45, 2.75) is 33.1 Å². The highest BCUT2D eigenvalue weighted by Gasteiger charge is 2.13. The van der Waals surface area contributed by atoms with Gasteiger partial charge in [0.05, 0.1) is 11.2 Å². The third-order valence-electron chi connectivity index (χ3n) is 5.72. The average molecular weight is 429 g/mol. The fraction of sp³-hybridized carbons (Fsp3) is 0.269. The molecule has 4 rings (SSSR count). The number of nitrogens with one attached hydrogen (secondary N) is 3. The van der Waals surface area contributed by atoms with Crippen LogP contribution in [0.5, 0.6) is 0 Å². The van der Waals surface area contributed by atoms with Crippen molar-refractivity contribution in [3.05, 3.63) is 77.1 Å². The SMILES string of the molecule is Cc1ccccc1C(=O)NCCCCCNC(=O)c1cc2c([nH]c3ccccc32)c(C)n1. The van der Waals surface area contributed by atoms with Gasteiger partial charge >= 0.3 is 0 Å². The van der Waals surface area contributed by atoms with Crippen molar-refractivity contribution in [2.75, 3.05) is 13.1 Å². The van der Waals surface area contributed by atoms with Crippen LogP contribution in [-0.2, 0) is 0 Å². The van der Waals surface area contributed by atoms with E-state index < -0.39 is 0 Å². The van der Waals surface area contributed by atoms with Crippen LogP contribution in [0.1, 0.15) is 51.4 Å². The molecule has 0 spiro atoms. The summed E-state index contributed by atoms with van der Waals surface area (Å²) in [5.74, 6) is -0.196. The van der Waals surface area contributed by atoms with Crippen molar-refractivity contribution in [1.82, 2.24) is 20.6 Å². The fourth-order valence-corrected chi connectivity index (χ4v) is 3.96. The number of para-hydroxylation sites is 1. The molecule has 0 fully saturated rings. The second-order valence-electron chi connectivity index (χ2n) is 8.07. The van der Waals surface area contributed by atoms with E-state index in [0.29, 0.717) is 18.8 Å². The van der Waals surface area contributed by atoms with E-state index in [0.717, 1.165) is 57.9 Å². The Morgan fingerprint density at radius 2 is 1.53 bits per heavy atom. The number of nitrogens with zero attached hydrogens (tertiary/aromatic N) is 1. The lowest BCUT2D eigenvalue weighted by Crippen LogP contribution is -2.26. The Morgan fingerprint density at radius 1 is 0.844 bits per heavy atom. The summed E-state index contributed by atoms with van der Waals surface area (Å²) in [6.07, 6.45) is 2.63. The summed E-state index contributed by atoms with van der Waals surface area (Å²) in [6.45, 7) is 5.06. The minimum absolute atomic E-state index is 0.0366. The second-order valence-corrected chi connectivity index (χ2v) is 8.07. The Hall–Kier alpha value is -3.67. The summed E-state index contributed by atoms with van der Waals surface area (Å²) in [4.78, 5) is 32.7. The zero-order valence-electron chi connectivity index (χ0n) is 18.5. The first-order valence-electron chi connectivity index (χ1n) is 11.0. The number of hydrogen-bond donors (Lipinski definition) is 3. The summed E-state index contributed by atoms with van der Waals surface area (Å²) in [6, 6.07) is 17.5. The molecule has 0 atom stereocenters. The molecule has 2 heterocycles. The van der Waals surface area contributed by atoms with E-state index in [-0.39, 0.29) is 11.8 Å². The Morgan fingerprint density at radius 3 is 2.31 bits per heavy atom. The summed E-state index contributed by atoms with van der Waals surface area (Å²) in [5, 5.41) is 8.04. The third-order valence-corrected chi connectivity index (χ3v) is 5.72. The number of amides is 2. The third kappa shape index (κ3) is 4.64. The lowest BCUT2D eigenvalue weighted by atomic mass is 10.1. The number of aryl methyl sites for hydroxylation is 2. The Bertz CT molecular complexity index is 1280. The summed E-state index contributed by atoms with van der Waals surface area (Å²) in [5.41, 5.74) is 4.95. The number of fused-ring (bicyclic) bond motifs is 3. The van der Waals surface area contributed by atoms with Crippen molar-refractivity contribution >= 4 is 33.6 Å². The molecule has 6 heteroatoms. The zero-order valence-corrected chi connectivity index (χ0v) is 18.5. The van der Waals surface area contributed by atoms with Crippen molar-refractivity contribution in [2.24, 2.45) is 0 Å². The van der Waals surface area contributed by atoms with Crippen LogP contribution < -0.4 is 10.6 Å². The molecular weight excluding hydrogens is 400 g/mol. The first-order chi connectivity index (χ1) is 15.5. The number of unbranched alkanes of at least 4 members (excludes halogenated alkanes) is 2. The molecule has 32 heavy (non-hydrogen) atoms. The molecule has 0 unspecified atom stereocenters. The number of hydrogen-bond acceptors (Lipinski definition) is 3. The van der Waals surface area contributed by atoms with Gasteiger partial charge < -0.3 is 15.6 Å². The molecule has 6 nitrogen and oxygen atoms in total. The van der Waals surface area contributed by atoms with Crippen LogP contribution in [-0.4, -0.2) is 34.9 Å². The molecule has 3 N–H and O–H groups in total. The van der Waals surface area contributed by atoms with Gasteiger partial charge in [0.2, 0.25) is 0 Å². The van der Waals surface area contributed by atoms with E-state index in [1.54, 1.807) is 0 Å². The lowest BCUT2D eigenvalue weighted by molar-refractivity contribution is 0.0944. The molecule has 0 radical (unpaired) electrons. The van der Waals surface area contributed by atoms with Gasteiger partial charge in [-0.2, -0.15) is 0 Å². The van der Waals surface area contributed by atoms with Gasteiger partial charge in [0.1, 0.15) is 5.69 Å². The second kappa shape index (κ2) is 9.64. The molecular formula is C26H28N4O2. The molecule has 0 aliphatic carbocycles. The van der Waals surface area contributed by atoms with Gasteiger partial charge in [-0.25, -0.2) is 4.98 Å². The number of rotatable bonds is 8. The topological polar surface area (TPSA) is 86.9 Å². The number of carbonyl (C=O) groups excluding carboxylic acids is 2. The normalized spacial score (nSPS) is 11.1. The van der Waals surface area contributed by atoms with Crippen LogP contribution in [0.25, 0.3) is 21.8 Å². The highest BCUT2D eigenvalue weighted by atomic mass is 16.2. The first kappa shape index (κ1) is 21.6. The van der Waals surface area contributed by atoms with Gasteiger partial charge in [0.25, 0.3) is 11.8 Å². The number of aromatic nitrogens is 2. The maximum absolute atomic E-state index is 12.6. The molecule has 0 saturated heterocycles. The fourth-order valence-electron chi connectivity index (χ4n) is 3.96. The maximum Gasteiger partial charge on any atom is 0.269 e. The Kier molecular flexibility index (Phi) is 6.50. The lowest BCUT2D eigenvalue weighted by Gasteiger charge is -2.08. The van der Waals surface area contributed by atoms with Crippen LogP contribution in [0.3, 0.4) is 0 Å². The number of pyridine rings is 1. The summed E-state index contributed by atoms with van der Waals surface area (Å²) in [7, 11) is 0. The molecule has 0 bridgehead atoms.